The quantitative estimate of drug-likeness (QED) is 0.167. The van der Waals surface area contributed by atoms with Gasteiger partial charge in [0.2, 0.25) is 0 Å². The van der Waals surface area contributed by atoms with Gasteiger partial charge in [0.15, 0.2) is 5.71 Å². The molecule has 1 saturated heterocycles. The van der Waals surface area contributed by atoms with Crippen LogP contribution in [0.5, 0.6) is 5.75 Å². The zero-order chi connectivity index (χ0) is 28.1. The van der Waals surface area contributed by atoms with Crippen LogP contribution in [-0.2, 0) is 15.8 Å². The lowest BCUT2D eigenvalue weighted by atomic mass is 10.1. The number of nitrogens with zero attached hydrogens (tertiary/aromatic N) is 2. The number of phenolic OH excluding ortho intramolecular Hbond substituents is 1. The summed E-state index contributed by atoms with van der Waals surface area (Å²) in [6.45, 7) is 3.63. The molecule has 39 heavy (non-hydrogen) atoms. The number of carbonyl (C=O) groups excluding carboxylic acids is 3. The Labute approximate surface area is 219 Å². The number of aryl methyl sites for hydroxylation is 2. The van der Waals surface area contributed by atoms with Gasteiger partial charge in [-0.3, -0.25) is 25.2 Å². The van der Waals surface area contributed by atoms with Crippen LogP contribution in [0.4, 0.5) is 35.0 Å². The molecule has 0 unspecified atom stereocenters. The van der Waals surface area contributed by atoms with Gasteiger partial charge in [0.25, 0.3) is 11.8 Å². The van der Waals surface area contributed by atoms with E-state index in [2.05, 4.69) is 21.2 Å². The SMILES string of the molecule is Cc1cc(C)cc(N2C(=O)/C(=N\Nc3ccc(C=C4NC(=O)NC4=O)cc3O)c3ccc(C(F)(F)F)cc32)c1. The van der Waals surface area contributed by atoms with Crippen LogP contribution in [0.25, 0.3) is 6.08 Å². The number of hydrogen-bond donors (Lipinski definition) is 4. The molecule has 198 valence electrons. The molecule has 0 aliphatic carbocycles. The van der Waals surface area contributed by atoms with E-state index in [0.29, 0.717) is 11.3 Å². The number of alkyl halides is 3. The first-order chi connectivity index (χ1) is 18.4. The van der Waals surface area contributed by atoms with Crippen LogP contribution >= 0.6 is 0 Å². The van der Waals surface area contributed by atoms with Crippen molar-refractivity contribution in [3.63, 3.8) is 0 Å². The minimum atomic E-state index is -4.62. The van der Waals surface area contributed by atoms with E-state index >= 15 is 0 Å². The number of rotatable bonds is 4. The van der Waals surface area contributed by atoms with Crippen LogP contribution in [0, 0.1) is 13.8 Å². The maximum atomic E-state index is 13.5. The summed E-state index contributed by atoms with van der Waals surface area (Å²) in [5, 5.41) is 19.0. The highest BCUT2D eigenvalue weighted by Crippen LogP contribution is 2.41. The fourth-order valence-electron chi connectivity index (χ4n) is 4.37. The van der Waals surface area contributed by atoms with Crippen LogP contribution in [-0.4, -0.2) is 28.7 Å². The van der Waals surface area contributed by atoms with Gasteiger partial charge >= 0.3 is 12.2 Å². The average molecular weight is 535 g/mol. The van der Waals surface area contributed by atoms with Crippen molar-refractivity contribution in [2.75, 3.05) is 10.3 Å². The van der Waals surface area contributed by atoms with Gasteiger partial charge in [-0.15, -0.1) is 0 Å². The topological polar surface area (TPSA) is 123 Å². The zero-order valence-corrected chi connectivity index (χ0v) is 20.5. The average Bonchev–Trinajstić information content (AvgIpc) is 3.30. The first-order valence-electron chi connectivity index (χ1n) is 11.6. The minimum absolute atomic E-state index is 0.00165. The number of hydrazone groups is 1. The van der Waals surface area contributed by atoms with E-state index in [4.69, 9.17) is 0 Å². The molecule has 0 bridgehead atoms. The smallest absolute Gasteiger partial charge is 0.416 e. The third kappa shape index (κ3) is 4.91. The number of halogens is 3. The molecule has 3 aromatic carbocycles. The Bertz CT molecular complexity index is 1610. The standard InChI is InChI=1S/C27H20F3N5O4/c1-13-7-14(2)9-17(8-13)35-21-12-16(27(28,29)30)4-5-18(21)23(25(35)38)34-33-19-6-3-15(11-22(19)36)10-20-24(37)32-26(39)31-20/h3-12,33,36H,1-2H3,(H2,31,32,37,39)/b20-10?,34-23-. The van der Waals surface area contributed by atoms with E-state index in [0.717, 1.165) is 23.3 Å². The van der Waals surface area contributed by atoms with Crippen LogP contribution < -0.4 is 21.0 Å². The lowest BCUT2D eigenvalue weighted by Crippen LogP contribution is -2.26. The summed E-state index contributed by atoms with van der Waals surface area (Å²) < 4.78 is 40.5. The molecule has 0 saturated carbocycles. The summed E-state index contributed by atoms with van der Waals surface area (Å²) >= 11 is 0. The van der Waals surface area contributed by atoms with Gasteiger partial charge in [-0.25, -0.2) is 4.79 Å². The van der Waals surface area contributed by atoms with Crippen LogP contribution in [0.15, 0.2) is 65.4 Å². The molecule has 1 fully saturated rings. The number of amides is 4. The lowest BCUT2D eigenvalue weighted by Gasteiger charge is -2.19. The van der Waals surface area contributed by atoms with E-state index in [1.54, 1.807) is 12.1 Å². The number of urea groups is 1. The molecule has 5 rings (SSSR count). The molecule has 12 heteroatoms. The van der Waals surface area contributed by atoms with E-state index in [1.807, 2.05) is 19.9 Å². The summed E-state index contributed by atoms with van der Waals surface area (Å²) in [5.41, 5.74) is 4.28. The van der Waals surface area contributed by atoms with E-state index in [-0.39, 0.29) is 34.1 Å². The Morgan fingerprint density at radius 1 is 0.949 bits per heavy atom. The van der Waals surface area contributed by atoms with Gasteiger partial charge < -0.3 is 10.4 Å². The largest absolute Gasteiger partial charge is 0.506 e. The molecule has 4 amide bonds. The molecule has 3 aromatic rings. The van der Waals surface area contributed by atoms with Gasteiger partial charge in [0.1, 0.15) is 11.4 Å². The Hall–Kier alpha value is -5.13. The molecule has 0 aromatic heterocycles. The van der Waals surface area contributed by atoms with Crippen molar-refractivity contribution in [1.82, 2.24) is 10.6 Å². The van der Waals surface area contributed by atoms with Crippen molar-refractivity contribution in [3.8, 4) is 5.75 Å². The molecule has 0 radical (unpaired) electrons. The van der Waals surface area contributed by atoms with E-state index in [9.17, 15) is 32.7 Å². The van der Waals surface area contributed by atoms with Crippen molar-refractivity contribution < 1.29 is 32.7 Å². The first kappa shape index (κ1) is 25.5. The number of aromatic hydroxyl groups is 1. The highest BCUT2D eigenvalue weighted by atomic mass is 19.4. The predicted octanol–water partition coefficient (Wildman–Crippen LogP) is 4.70. The zero-order valence-electron chi connectivity index (χ0n) is 20.5. The third-order valence-corrected chi connectivity index (χ3v) is 6.03. The van der Waals surface area contributed by atoms with Gasteiger partial charge in [-0.1, -0.05) is 12.1 Å². The molecule has 0 spiro atoms. The van der Waals surface area contributed by atoms with Gasteiger partial charge in [0, 0.05) is 11.3 Å². The molecule has 9 nitrogen and oxygen atoms in total. The Morgan fingerprint density at radius 3 is 2.28 bits per heavy atom. The highest BCUT2D eigenvalue weighted by molar-refractivity contribution is 6.55. The second-order valence-corrected chi connectivity index (χ2v) is 9.03. The number of phenols is 1. The number of imide groups is 1. The summed E-state index contributed by atoms with van der Waals surface area (Å²) in [5.74, 6) is -1.55. The monoisotopic (exact) mass is 535 g/mol. The Kier molecular flexibility index (Phi) is 6.09. The second-order valence-electron chi connectivity index (χ2n) is 9.03. The Balaban J connectivity index is 1.50. The number of benzene rings is 3. The molecular formula is C27H20F3N5O4. The summed E-state index contributed by atoms with van der Waals surface area (Å²) in [6.07, 6.45) is -3.26. The highest BCUT2D eigenvalue weighted by Gasteiger charge is 2.39. The summed E-state index contributed by atoms with van der Waals surface area (Å²) in [6, 6.07) is 11.8. The number of carbonyl (C=O) groups is 3. The summed E-state index contributed by atoms with van der Waals surface area (Å²) in [4.78, 5) is 37.7. The molecular weight excluding hydrogens is 515 g/mol. The molecule has 2 aliphatic heterocycles. The van der Waals surface area contributed by atoms with Crippen LogP contribution in [0.3, 0.4) is 0 Å². The molecule has 2 aliphatic rings. The molecule has 2 heterocycles. The number of nitrogens with one attached hydrogen (secondary N) is 3. The third-order valence-electron chi connectivity index (χ3n) is 6.03. The maximum Gasteiger partial charge on any atom is 0.416 e. The number of anilines is 3. The fourth-order valence-corrected chi connectivity index (χ4v) is 4.37. The minimum Gasteiger partial charge on any atom is -0.506 e. The van der Waals surface area contributed by atoms with Crippen molar-refractivity contribution in [3.05, 3.63) is 88.1 Å². The Morgan fingerprint density at radius 2 is 1.67 bits per heavy atom. The number of fused-ring (bicyclic) bond motifs is 1. The summed E-state index contributed by atoms with van der Waals surface area (Å²) in [7, 11) is 0. The van der Waals surface area contributed by atoms with Crippen molar-refractivity contribution in [1.29, 1.82) is 0 Å². The number of hydrogen-bond acceptors (Lipinski definition) is 6. The lowest BCUT2D eigenvalue weighted by molar-refractivity contribution is -0.137. The first-order valence-corrected chi connectivity index (χ1v) is 11.6. The van der Waals surface area contributed by atoms with Gasteiger partial charge in [-0.05, 0) is 79.1 Å². The second kappa shape index (κ2) is 9.31. The maximum absolute atomic E-state index is 13.5. The van der Waals surface area contributed by atoms with Crippen molar-refractivity contribution in [2.45, 2.75) is 20.0 Å². The van der Waals surface area contributed by atoms with Gasteiger partial charge in [0.05, 0.1) is 16.9 Å². The van der Waals surface area contributed by atoms with Crippen LogP contribution in [0.1, 0.15) is 27.8 Å². The fraction of sp³-hybridized carbons (Fsp3) is 0.111. The van der Waals surface area contributed by atoms with Crippen molar-refractivity contribution >= 4 is 46.7 Å². The van der Waals surface area contributed by atoms with Crippen molar-refractivity contribution in [2.24, 2.45) is 5.10 Å². The van der Waals surface area contributed by atoms with E-state index in [1.165, 1.54) is 35.2 Å². The predicted molar refractivity (Wildman–Crippen MR) is 137 cm³/mol. The molecule has 0 atom stereocenters. The molecule has 4 N–H and O–H groups in total. The van der Waals surface area contributed by atoms with Gasteiger partial charge in [-0.2, -0.15) is 18.3 Å². The van der Waals surface area contributed by atoms with Crippen LogP contribution in [0.2, 0.25) is 0 Å². The normalized spacial score (nSPS) is 17.1. The van der Waals surface area contributed by atoms with E-state index < -0.39 is 29.6 Å².